The lowest BCUT2D eigenvalue weighted by molar-refractivity contribution is -0.384. The molecule has 2 rings (SSSR count). The monoisotopic (exact) mass is 294 g/mol. The van der Waals surface area contributed by atoms with E-state index in [0.29, 0.717) is 24.8 Å². The van der Waals surface area contributed by atoms with Crippen LogP contribution >= 0.6 is 0 Å². The van der Waals surface area contributed by atoms with Crippen molar-refractivity contribution >= 4 is 5.69 Å². The van der Waals surface area contributed by atoms with Gasteiger partial charge in [0, 0.05) is 37.4 Å². The Hall–Kier alpha value is -1.66. The topological polar surface area (TPSA) is 73.6 Å². The number of ether oxygens (including phenoxy) is 2. The molecule has 0 aliphatic carbocycles. The first-order valence-corrected chi connectivity index (χ1v) is 7.39. The van der Waals surface area contributed by atoms with Crippen LogP contribution in [0.15, 0.2) is 18.2 Å². The fourth-order valence-corrected chi connectivity index (χ4v) is 2.49. The van der Waals surface area contributed by atoms with Crippen molar-refractivity contribution in [2.45, 2.75) is 26.3 Å². The summed E-state index contributed by atoms with van der Waals surface area (Å²) in [6.07, 6.45) is 2.27. The van der Waals surface area contributed by atoms with E-state index in [2.05, 4.69) is 5.32 Å². The Morgan fingerprint density at radius 3 is 3.05 bits per heavy atom. The molecule has 1 N–H and O–H groups in total. The van der Waals surface area contributed by atoms with Crippen LogP contribution in [-0.4, -0.2) is 31.3 Å². The molecule has 0 aromatic heterocycles. The number of nitrogens with zero attached hydrogens (tertiary/aromatic N) is 1. The number of nitro groups is 1. The molecular formula is C15H22N2O4. The molecule has 0 radical (unpaired) electrons. The second-order valence-corrected chi connectivity index (χ2v) is 5.20. The zero-order chi connectivity index (χ0) is 15.1. The molecule has 1 aliphatic heterocycles. The van der Waals surface area contributed by atoms with Gasteiger partial charge in [0.25, 0.3) is 5.69 Å². The van der Waals surface area contributed by atoms with Gasteiger partial charge in [0.1, 0.15) is 5.75 Å². The molecule has 1 fully saturated rings. The summed E-state index contributed by atoms with van der Waals surface area (Å²) in [5.41, 5.74) is 0.916. The van der Waals surface area contributed by atoms with Crippen molar-refractivity contribution in [2.75, 3.05) is 26.4 Å². The minimum Gasteiger partial charge on any atom is -0.494 e. The van der Waals surface area contributed by atoms with Crippen LogP contribution in [0.25, 0.3) is 0 Å². The summed E-state index contributed by atoms with van der Waals surface area (Å²) in [6.45, 7) is 5.51. The number of hydrogen-bond acceptors (Lipinski definition) is 5. The third-order valence-electron chi connectivity index (χ3n) is 3.56. The van der Waals surface area contributed by atoms with Crippen molar-refractivity contribution in [1.82, 2.24) is 5.32 Å². The minimum atomic E-state index is -0.381. The first-order valence-electron chi connectivity index (χ1n) is 7.39. The first kappa shape index (κ1) is 15.7. The van der Waals surface area contributed by atoms with Gasteiger partial charge in [0.2, 0.25) is 0 Å². The van der Waals surface area contributed by atoms with Gasteiger partial charge in [-0.2, -0.15) is 0 Å². The summed E-state index contributed by atoms with van der Waals surface area (Å²) in [6, 6.07) is 4.72. The van der Waals surface area contributed by atoms with E-state index in [4.69, 9.17) is 9.47 Å². The lowest BCUT2D eigenvalue weighted by Gasteiger charge is -2.22. The van der Waals surface area contributed by atoms with Crippen molar-refractivity contribution in [3.05, 3.63) is 33.9 Å². The number of benzene rings is 1. The van der Waals surface area contributed by atoms with Gasteiger partial charge in [-0.3, -0.25) is 10.1 Å². The van der Waals surface area contributed by atoms with Crippen LogP contribution in [0, 0.1) is 16.0 Å². The third kappa shape index (κ3) is 4.68. The second-order valence-electron chi connectivity index (χ2n) is 5.20. The van der Waals surface area contributed by atoms with E-state index in [0.717, 1.165) is 31.7 Å². The summed E-state index contributed by atoms with van der Waals surface area (Å²) in [5.74, 6) is 1.23. The van der Waals surface area contributed by atoms with Gasteiger partial charge in [-0.1, -0.05) is 0 Å². The minimum absolute atomic E-state index is 0.0938. The maximum atomic E-state index is 10.9. The van der Waals surface area contributed by atoms with E-state index < -0.39 is 0 Å². The molecule has 1 aromatic carbocycles. The predicted molar refractivity (Wildman–Crippen MR) is 79.5 cm³/mol. The van der Waals surface area contributed by atoms with Crippen LogP contribution in [0.5, 0.6) is 5.75 Å². The lowest BCUT2D eigenvalue weighted by atomic mass is 10.0. The Labute approximate surface area is 124 Å². The Balaban J connectivity index is 1.95. The van der Waals surface area contributed by atoms with E-state index in [1.807, 2.05) is 6.92 Å². The number of nitrogens with one attached hydrogen (secondary N) is 1. The number of nitro benzene ring substituents is 1. The van der Waals surface area contributed by atoms with E-state index in [1.165, 1.54) is 12.5 Å². The van der Waals surface area contributed by atoms with Crippen LogP contribution in [0.3, 0.4) is 0 Å². The van der Waals surface area contributed by atoms with Gasteiger partial charge < -0.3 is 14.8 Å². The smallest absolute Gasteiger partial charge is 0.270 e. The SMILES string of the molecule is CCOc1ccc([N+](=O)[O-])cc1CNCC1CCCOC1. The number of rotatable bonds is 7. The average Bonchev–Trinajstić information content (AvgIpc) is 2.50. The Morgan fingerprint density at radius 2 is 2.38 bits per heavy atom. The molecule has 21 heavy (non-hydrogen) atoms. The van der Waals surface area contributed by atoms with Gasteiger partial charge in [-0.25, -0.2) is 0 Å². The normalized spacial score (nSPS) is 18.4. The molecule has 0 bridgehead atoms. The summed E-state index contributed by atoms with van der Waals surface area (Å²) in [5, 5.41) is 14.2. The van der Waals surface area contributed by atoms with Crippen molar-refractivity contribution in [3.63, 3.8) is 0 Å². The number of hydrogen-bond donors (Lipinski definition) is 1. The van der Waals surface area contributed by atoms with Crippen LogP contribution in [0.4, 0.5) is 5.69 Å². The summed E-state index contributed by atoms with van der Waals surface area (Å²) < 4.78 is 11.0. The maximum absolute atomic E-state index is 10.9. The zero-order valence-corrected chi connectivity index (χ0v) is 12.3. The van der Waals surface area contributed by atoms with Gasteiger partial charge in [0.05, 0.1) is 18.1 Å². The average molecular weight is 294 g/mol. The highest BCUT2D eigenvalue weighted by Gasteiger charge is 2.15. The molecule has 1 saturated heterocycles. The van der Waals surface area contributed by atoms with E-state index >= 15 is 0 Å². The molecule has 6 nitrogen and oxygen atoms in total. The standard InChI is InChI=1S/C15H22N2O4/c1-2-21-15-6-5-14(17(18)19)8-13(15)10-16-9-12-4-3-7-20-11-12/h5-6,8,12,16H,2-4,7,9-11H2,1H3. The highest BCUT2D eigenvalue weighted by Crippen LogP contribution is 2.24. The second kappa shape index (κ2) is 7.95. The Bertz CT molecular complexity index is 473. The van der Waals surface area contributed by atoms with E-state index in [-0.39, 0.29) is 10.6 Å². The molecule has 1 atom stereocenters. The quantitative estimate of drug-likeness (QED) is 0.618. The van der Waals surface area contributed by atoms with Gasteiger partial charge >= 0.3 is 0 Å². The first-order chi connectivity index (χ1) is 10.2. The molecule has 116 valence electrons. The van der Waals surface area contributed by atoms with Crippen molar-refractivity contribution in [3.8, 4) is 5.75 Å². The molecule has 0 amide bonds. The third-order valence-corrected chi connectivity index (χ3v) is 3.56. The van der Waals surface area contributed by atoms with Gasteiger partial charge in [-0.15, -0.1) is 0 Å². The molecular weight excluding hydrogens is 272 g/mol. The van der Waals surface area contributed by atoms with E-state index in [9.17, 15) is 10.1 Å². The van der Waals surface area contributed by atoms with Gasteiger partial charge in [0.15, 0.2) is 0 Å². The zero-order valence-electron chi connectivity index (χ0n) is 12.3. The molecule has 6 heteroatoms. The fraction of sp³-hybridized carbons (Fsp3) is 0.600. The lowest BCUT2D eigenvalue weighted by Crippen LogP contribution is -2.29. The van der Waals surface area contributed by atoms with Gasteiger partial charge in [-0.05, 0) is 31.7 Å². The molecule has 1 aromatic rings. The van der Waals surface area contributed by atoms with Crippen LogP contribution < -0.4 is 10.1 Å². The molecule has 0 spiro atoms. The highest BCUT2D eigenvalue weighted by atomic mass is 16.6. The Kier molecular flexibility index (Phi) is 5.95. The summed E-state index contributed by atoms with van der Waals surface area (Å²) in [7, 11) is 0. The molecule has 1 heterocycles. The maximum Gasteiger partial charge on any atom is 0.270 e. The van der Waals surface area contributed by atoms with Crippen LogP contribution in [0.2, 0.25) is 0 Å². The highest BCUT2D eigenvalue weighted by molar-refractivity contribution is 5.43. The van der Waals surface area contributed by atoms with Crippen molar-refractivity contribution in [2.24, 2.45) is 5.92 Å². The molecule has 1 unspecified atom stereocenters. The number of non-ortho nitro benzene ring substituents is 1. The largest absolute Gasteiger partial charge is 0.494 e. The summed E-state index contributed by atoms with van der Waals surface area (Å²) >= 11 is 0. The van der Waals surface area contributed by atoms with Crippen LogP contribution in [-0.2, 0) is 11.3 Å². The molecule has 1 aliphatic rings. The van der Waals surface area contributed by atoms with Crippen molar-refractivity contribution in [1.29, 1.82) is 0 Å². The predicted octanol–water partition coefficient (Wildman–Crippen LogP) is 2.51. The van der Waals surface area contributed by atoms with Crippen LogP contribution in [0.1, 0.15) is 25.3 Å². The molecule has 0 saturated carbocycles. The Morgan fingerprint density at radius 1 is 1.52 bits per heavy atom. The van der Waals surface area contributed by atoms with Crippen molar-refractivity contribution < 1.29 is 14.4 Å². The fourth-order valence-electron chi connectivity index (χ4n) is 2.49. The summed E-state index contributed by atoms with van der Waals surface area (Å²) in [4.78, 5) is 10.5. The van der Waals surface area contributed by atoms with E-state index in [1.54, 1.807) is 12.1 Å².